The summed E-state index contributed by atoms with van der Waals surface area (Å²) >= 11 is 0. The maximum atomic E-state index is 12.7. The number of aryl methyl sites for hydroxylation is 1. The molecular weight excluding hydrogens is 342 g/mol. The van der Waals surface area contributed by atoms with E-state index in [0.717, 1.165) is 31.4 Å². The van der Waals surface area contributed by atoms with Gasteiger partial charge < -0.3 is 19.9 Å². The third-order valence-corrected chi connectivity index (χ3v) is 5.96. The van der Waals surface area contributed by atoms with E-state index in [0.29, 0.717) is 38.1 Å². The summed E-state index contributed by atoms with van der Waals surface area (Å²) in [7, 11) is 0. The fraction of sp³-hybridized carbons (Fsp3) is 0.619. The van der Waals surface area contributed by atoms with Crippen molar-refractivity contribution in [2.24, 2.45) is 0 Å². The number of hydrogen-bond acceptors (Lipinski definition) is 4. The van der Waals surface area contributed by atoms with Crippen LogP contribution in [0.3, 0.4) is 0 Å². The molecule has 2 atom stereocenters. The number of nitrogens with one attached hydrogen (secondary N) is 1. The second-order valence-corrected chi connectivity index (χ2v) is 8.13. The molecule has 1 N–H and O–H groups in total. The van der Waals surface area contributed by atoms with Gasteiger partial charge in [0.15, 0.2) is 0 Å². The smallest absolute Gasteiger partial charge is 0.242 e. The Kier molecular flexibility index (Phi) is 5.34. The zero-order valence-corrected chi connectivity index (χ0v) is 16.0. The van der Waals surface area contributed by atoms with Gasteiger partial charge in [0.05, 0.1) is 6.54 Å². The van der Waals surface area contributed by atoms with Crippen molar-refractivity contribution < 1.29 is 14.3 Å². The van der Waals surface area contributed by atoms with Gasteiger partial charge in [-0.2, -0.15) is 0 Å². The summed E-state index contributed by atoms with van der Waals surface area (Å²) in [5.41, 5.74) is 1.19. The number of benzene rings is 1. The van der Waals surface area contributed by atoms with E-state index in [1.54, 1.807) is 4.90 Å². The molecule has 1 aromatic rings. The number of amides is 2. The van der Waals surface area contributed by atoms with Gasteiger partial charge in [-0.3, -0.25) is 9.59 Å². The van der Waals surface area contributed by atoms with Crippen LogP contribution in [0, 0.1) is 6.92 Å². The lowest BCUT2D eigenvalue weighted by Gasteiger charge is -2.34. The van der Waals surface area contributed by atoms with Gasteiger partial charge in [0.2, 0.25) is 11.8 Å². The lowest BCUT2D eigenvalue weighted by atomic mass is 10.1. The summed E-state index contributed by atoms with van der Waals surface area (Å²) < 4.78 is 6.07. The first-order valence-electron chi connectivity index (χ1n) is 10.1. The van der Waals surface area contributed by atoms with Crippen molar-refractivity contribution in [2.75, 3.05) is 26.2 Å². The van der Waals surface area contributed by atoms with Crippen LogP contribution < -0.4 is 10.1 Å². The first kappa shape index (κ1) is 18.3. The molecule has 0 radical (unpaired) electrons. The molecule has 3 fully saturated rings. The number of ether oxygens (including phenoxy) is 1. The molecule has 6 nitrogen and oxygen atoms in total. The first-order valence-corrected chi connectivity index (χ1v) is 10.1. The molecule has 0 spiro atoms. The van der Waals surface area contributed by atoms with Gasteiger partial charge in [-0.05, 0) is 37.5 Å². The average Bonchev–Trinajstić information content (AvgIpc) is 3.02. The topological polar surface area (TPSA) is 61.9 Å². The van der Waals surface area contributed by atoms with Crippen LogP contribution in [0.4, 0.5) is 0 Å². The Morgan fingerprint density at radius 1 is 1.19 bits per heavy atom. The Labute approximate surface area is 160 Å². The summed E-state index contributed by atoms with van der Waals surface area (Å²) in [6, 6.07) is 8.74. The first-order chi connectivity index (χ1) is 13.1. The standard InChI is InChI=1S/C21H29N3O3/c1-15-3-2-4-19(11-15)27-18-7-9-23(10-8-18)21(26)14-24-13-17-6-5-16(22-17)12-20(24)25/h2-4,11,16-18,22H,5-10,12-14H2,1H3. The van der Waals surface area contributed by atoms with E-state index in [1.165, 1.54) is 5.56 Å². The largest absolute Gasteiger partial charge is 0.490 e. The maximum Gasteiger partial charge on any atom is 0.242 e. The predicted molar refractivity (Wildman–Crippen MR) is 103 cm³/mol. The SMILES string of the molecule is Cc1cccc(OC2CCN(C(=O)CN3CC4CCC(CC3=O)N4)CC2)c1. The highest BCUT2D eigenvalue weighted by Crippen LogP contribution is 2.22. The number of fused-ring (bicyclic) bond motifs is 2. The molecule has 3 aliphatic rings. The number of piperidine rings is 1. The highest BCUT2D eigenvalue weighted by atomic mass is 16.5. The molecule has 1 aromatic carbocycles. The van der Waals surface area contributed by atoms with Crippen LogP contribution in [0.15, 0.2) is 24.3 Å². The second kappa shape index (κ2) is 7.89. The minimum absolute atomic E-state index is 0.0649. The van der Waals surface area contributed by atoms with Crippen LogP contribution in [0.25, 0.3) is 0 Å². The van der Waals surface area contributed by atoms with Crippen molar-refractivity contribution >= 4 is 11.8 Å². The fourth-order valence-corrected chi connectivity index (χ4v) is 4.44. The molecule has 0 aromatic heterocycles. The molecule has 3 aliphatic heterocycles. The van der Waals surface area contributed by atoms with Crippen LogP contribution in [-0.2, 0) is 9.59 Å². The Balaban J connectivity index is 1.26. The minimum atomic E-state index is 0.0649. The third kappa shape index (κ3) is 4.43. The molecule has 4 rings (SSSR count). The zero-order chi connectivity index (χ0) is 18.8. The Bertz CT molecular complexity index is 700. The summed E-state index contributed by atoms with van der Waals surface area (Å²) in [5, 5.41) is 3.49. The van der Waals surface area contributed by atoms with Crippen molar-refractivity contribution in [1.82, 2.24) is 15.1 Å². The average molecular weight is 371 g/mol. The Morgan fingerprint density at radius 2 is 1.96 bits per heavy atom. The molecule has 3 heterocycles. The van der Waals surface area contributed by atoms with Crippen molar-refractivity contribution in [3.63, 3.8) is 0 Å². The van der Waals surface area contributed by atoms with Gasteiger partial charge in [0, 0.05) is 51.0 Å². The lowest BCUT2D eigenvalue weighted by molar-refractivity contribution is -0.141. The molecular formula is C21H29N3O3. The molecule has 146 valence electrons. The number of rotatable bonds is 4. The molecule has 3 saturated heterocycles. The Morgan fingerprint density at radius 3 is 2.74 bits per heavy atom. The number of carbonyl (C=O) groups is 2. The lowest BCUT2D eigenvalue weighted by Crippen LogP contribution is -2.48. The number of likely N-dealkylation sites (tertiary alicyclic amines) is 2. The number of hydrogen-bond donors (Lipinski definition) is 1. The summed E-state index contributed by atoms with van der Waals surface area (Å²) in [6.45, 7) is 4.32. The van der Waals surface area contributed by atoms with Crippen LogP contribution >= 0.6 is 0 Å². The number of carbonyl (C=O) groups excluding carboxylic acids is 2. The van der Waals surface area contributed by atoms with Gasteiger partial charge in [-0.15, -0.1) is 0 Å². The van der Waals surface area contributed by atoms with Gasteiger partial charge in [-0.25, -0.2) is 0 Å². The van der Waals surface area contributed by atoms with E-state index in [4.69, 9.17) is 4.74 Å². The van der Waals surface area contributed by atoms with E-state index in [9.17, 15) is 9.59 Å². The summed E-state index contributed by atoms with van der Waals surface area (Å²) in [4.78, 5) is 28.8. The highest BCUT2D eigenvalue weighted by Gasteiger charge is 2.35. The zero-order valence-electron chi connectivity index (χ0n) is 16.0. The van der Waals surface area contributed by atoms with Crippen LogP contribution in [-0.4, -0.2) is 66.0 Å². The Hall–Kier alpha value is -2.08. The normalized spacial score (nSPS) is 26.2. The molecule has 2 amide bonds. The van der Waals surface area contributed by atoms with E-state index in [2.05, 4.69) is 18.3 Å². The third-order valence-electron chi connectivity index (χ3n) is 5.96. The second-order valence-electron chi connectivity index (χ2n) is 8.13. The van der Waals surface area contributed by atoms with Crippen molar-refractivity contribution in [3.05, 3.63) is 29.8 Å². The van der Waals surface area contributed by atoms with Crippen molar-refractivity contribution in [2.45, 2.75) is 57.2 Å². The van der Waals surface area contributed by atoms with Crippen LogP contribution in [0.1, 0.15) is 37.7 Å². The van der Waals surface area contributed by atoms with Crippen molar-refractivity contribution in [3.8, 4) is 5.75 Å². The van der Waals surface area contributed by atoms with Gasteiger partial charge >= 0.3 is 0 Å². The molecule has 0 saturated carbocycles. The monoisotopic (exact) mass is 371 g/mol. The van der Waals surface area contributed by atoms with E-state index >= 15 is 0 Å². The fourth-order valence-electron chi connectivity index (χ4n) is 4.44. The molecule has 2 unspecified atom stereocenters. The van der Waals surface area contributed by atoms with Crippen molar-refractivity contribution in [1.29, 1.82) is 0 Å². The highest BCUT2D eigenvalue weighted by molar-refractivity contribution is 5.85. The maximum absolute atomic E-state index is 12.7. The van der Waals surface area contributed by atoms with Gasteiger partial charge in [0.1, 0.15) is 11.9 Å². The molecule has 27 heavy (non-hydrogen) atoms. The van der Waals surface area contributed by atoms with E-state index < -0.39 is 0 Å². The van der Waals surface area contributed by atoms with E-state index in [-0.39, 0.29) is 24.5 Å². The predicted octanol–water partition coefficient (Wildman–Crippen LogP) is 1.72. The minimum Gasteiger partial charge on any atom is -0.490 e. The molecule has 2 bridgehead atoms. The van der Waals surface area contributed by atoms with Crippen LogP contribution in [0.2, 0.25) is 0 Å². The van der Waals surface area contributed by atoms with Gasteiger partial charge in [0.25, 0.3) is 0 Å². The molecule has 0 aliphatic carbocycles. The quantitative estimate of drug-likeness (QED) is 0.875. The summed E-state index contributed by atoms with van der Waals surface area (Å²) in [5.74, 6) is 1.08. The van der Waals surface area contributed by atoms with Gasteiger partial charge in [-0.1, -0.05) is 12.1 Å². The van der Waals surface area contributed by atoms with Crippen LogP contribution in [0.5, 0.6) is 5.75 Å². The summed E-state index contributed by atoms with van der Waals surface area (Å²) in [6.07, 6.45) is 4.52. The number of nitrogens with zero attached hydrogens (tertiary/aromatic N) is 2. The van der Waals surface area contributed by atoms with E-state index in [1.807, 2.05) is 23.1 Å². The molecule has 6 heteroatoms.